The molecule has 0 spiro atoms. The molecule has 4 aromatic rings. The van der Waals surface area contributed by atoms with Crippen LogP contribution >= 0.6 is 0 Å². The van der Waals surface area contributed by atoms with E-state index in [0.717, 1.165) is 0 Å². The van der Waals surface area contributed by atoms with Crippen LogP contribution in [0.3, 0.4) is 0 Å². The maximum Gasteiger partial charge on any atom is 0.349 e. The molecule has 0 atom stereocenters. The minimum Gasteiger partial charge on any atom is -0.492 e. The number of ether oxygens (including phenoxy) is 2. The number of nitrogens with one attached hydrogen (secondary N) is 1. The highest BCUT2D eigenvalue weighted by Crippen LogP contribution is 2.35. The van der Waals surface area contributed by atoms with Crippen LogP contribution in [-0.4, -0.2) is 39.3 Å². The molecule has 158 valence electrons. The van der Waals surface area contributed by atoms with E-state index >= 15 is 0 Å². The van der Waals surface area contributed by atoms with Crippen LogP contribution in [-0.2, 0) is 0 Å². The molecule has 2 aromatic carbocycles. The molecule has 4 rings (SSSR count). The molecule has 31 heavy (non-hydrogen) atoms. The van der Waals surface area contributed by atoms with Gasteiger partial charge in [-0.2, -0.15) is 4.68 Å². The van der Waals surface area contributed by atoms with Crippen molar-refractivity contribution in [1.29, 1.82) is 0 Å². The fourth-order valence-corrected chi connectivity index (χ4v) is 3.05. The predicted octanol–water partition coefficient (Wildman–Crippen LogP) is 2.82. The molecule has 0 aliphatic rings. The van der Waals surface area contributed by atoms with E-state index in [2.05, 4.69) is 20.8 Å². The Labute approximate surface area is 176 Å². The molecule has 0 aliphatic carbocycles. The molecule has 1 amide bonds. The third kappa shape index (κ3) is 4.08. The van der Waals surface area contributed by atoms with E-state index < -0.39 is 11.5 Å². The number of fused-ring (bicyclic) bond motifs is 1. The van der Waals surface area contributed by atoms with Crippen LogP contribution in [0.4, 0.5) is 5.69 Å². The Balaban J connectivity index is 1.75. The number of nitrogens with zero attached hydrogens (tertiary/aromatic N) is 4. The minimum atomic E-state index is -0.732. The van der Waals surface area contributed by atoms with Gasteiger partial charge in [0, 0.05) is 17.5 Å². The summed E-state index contributed by atoms with van der Waals surface area (Å²) in [4.78, 5) is 25.3. The van der Waals surface area contributed by atoms with Crippen molar-refractivity contribution in [3.05, 3.63) is 64.8 Å². The quantitative estimate of drug-likeness (QED) is 0.452. The maximum atomic E-state index is 12.9. The standard InChI is InChI=1S/C21H19N5O5/c1-3-29-18-11-16(26-12-22-24-25-26)19(30-4-2)10-15(18)23-20(27)14-9-13-7-5-6-8-17(13)31-21(14)28/h5-12H,3-4H2,1-2H3,(H,23,27). The van der Waals surface area contributed by atoms with Gasteiger partial charge < -0.3 is 19.2 Å². The highest BCUT2D eigenvalue weighted by atomic mass is 16.5. The van der Waals surface area contributed by atoms with Gasteiger partial charge >= 0.3 is 5.63 Å². The van der Waals surface area contributed by atoms with E-state index in [4.69, 9.17) is 13.9 Å². The van der Waals surface area contributed by atoms with Gasteiger partial charge in [-0.15, -0.1) is 5.10 Å². The number of anilines is 1. The Bertz CT molecular complexity index is 1280. The third-order valence-electron chi connectivity index (χ3n) is 4.39. The summed E-state index contributed by atoms with van der Waals surface area (Å²) in [5.74, 6) is 0.173. The molecule has 10 nitrogen and oxygen atoms in total. The SMILES string of the molecule is CCOc1cc(-n2cnnn2)c(OCC)cc1NC(=O)c1cc2ccccc2oc1=O. The van der Waals surface area contributed by atoms with Gasteiger partial charge in [0.2, 0.25) is 0 Å². The predicted molar refractivity (Wildman–Crippen MR) is 112 cm³/mol. The smallest absolute Gasteiger partial charge is 0.349 e. The Hall–Kier alpha value is -4.21. The van der Waals surface area contributed by atoms with E-state index in [1.54, 1.807) is 36.4 Å². The Morgan fingerprint density at radius 2 is 1.87 bits per heavy atom. The number of carbonyl (C=O) groups is 1. The van der Waals surface area contributed by atoms with E-state index in [9.17, 15) is 9.59 Å². The number of benzene rings is 2. The number of tetrazole rings is 1. The van der Waals surface area contributed by atoms with Crippen molar-refractivity contribution in [2.45, 2.75) is 13.8 Å². The van der Waals surface area contributed by atoms with Gasteiger partial charge in [-0.25, -0.2) is 4.79 Å². The second-order valence-corrected chi connectivity index (χ2v) is 6.38. The van der Waals surface area contributed by atoms with Crippen LogP contribution in [0.2, 0.25) is 0 Å². The largest absolute Gasteiger partial charge is 0.492 e. The lowest BCUT2D eigenvalue weighted by molar-refractivity contribution is 0.102. The number of aromatic nitrogens is 4. The van der Waals surface area contributed by atoms with Crippen molar-refractivity contribution < 1.29 is 18.7 Å². The topological polar surface area (TPSA) is 121 Å². The van der Waals surface area contributed by atoms with Gasteiger partial charge in [0.05, 0.1) is 18.9 Å². The first-order chi connectivity index (χ1) is 15.1. The summed E-state index contributed by atoms with van der Waals surface area (Å²) in [6.45, 7) is 4.38. The zero-order chi connectivity index (χ0) is 21.8. The number of carbonyl (C=O) groups excluding carboxylic acids is 1. The molecule has 0 aliphatic heterocycles. The summed E-state index contributed by atoms with van der Waals surface area (Å²) >= 11 is 0. The molecular weight excluding hydrogens is 402 g/mol. The first kappa shape index (κ1) is 20.1. The zero-order valence-corrected chi connectivity index (χ0v) is 16.9. The van der Waals surface area contributed by atoms with Crippen LogP contribution in [0.25, 0.3) is 16.7 Å². The van der Waals surface area contributed by atoms with Gasteiger partial charge in [-0.3, -0.25) is 4.79 Å². The highest BCUT2D eigenvalue weighted by Gasteiger charge is 2.19. The summed E-state index contributed by atoms with van der Waals surface area (Å²) in [6.07, 6.45) is 1.42. The Morgan fingerprint density at radius 1 is 1.10 bits per heavy atom. The van der Waals surface area contributed by atoms with Gasteiger partial charge in [0.15, 0.2) is 0 Å². The lowest BCUT2D eigenvalue weighted by Crippen LogP contribution is -2.21. The normalized spacial score (nSPS) is 10.8. The molecule has 10 heteroatoms. The summed E-state index contributed by atoms with van der Waals surface area (Å²) in [5.41, 5.74) is 0.426. The Kier molecular flexibility index (Phi) is 5.61. The lowest BCUT2D eigenvalue weighted by atomic mass is 10.1. The highest BCUT2D eigenvalue weighted by molar-refractivity contribution is 6.06. The second kappa shape index (κ2) is 8.66. The van der Waals surface area contributed by atoms with Crippen LogP contribution in [0.15, 0.2) is 58.0 Å². The lowest BCUT2D eigenvalue weighted by Gasteiger charge is -2.16. The molecule has 0 fully saturated rings. The molecule has 1 N–H and O–H groups in total. The summed E-state index contributed by atoms with van der Waals surface area (Å²) in [7, 11) is 0. The average Bonchev–Trinajstić information content (AvgIpc) is 3.30. The molecular formula is C21H19N5O5. The number of rotatable bonds is 7. The van der Waals surface area contributed by atoms with Crippen molar-refractivity contribution in [1.82, 2.24) is 20.2 Å². The van der Waals surface area contributed by atoms with Crippen LogP contribution in [0.1, 0.15) is 24.2 Å². The summed E-state index contributed by atoms with van der Waals surface area (Å²) in [5, 5.41) is 14.5. The average molecular weight is 421 g/mol. The molecule has 0 radical (unpaired) electrons. The van der Waals surface area contributed by atoms with Crippen molar-refractivity contribution >= 4 is 22.6 Å². The molecule has 2 heterocycles. The first-order valence-electron chi connectivity index (χ1n) is 9.62. The number of hydrogen-bond donors (Lipinski definition) is 1. The van der Waals surface area contributed by atoms with E-state index in [1.807, 2.05) is 13.8 Å². The summed E-state index contributed by atoms with van der Waals surface area (Å²) in [6, 6.07) is 11.7. The minimum absolute atomic E-state index is 0.122. The summed E-state index contributed by atoms with van der Waals surface area (Å²) < 4.78 is 18.1. The molecule has 2 aromatic heterocycles. The zero-order valence-electron chi connectivity index (χ0n) is 16.9. The van der Waals surface area contributed by atoms with Gasteiger partial charge in [0.1, 0.15) is 34.7 Å². The van der Waals surface area contributed by atoms with Crippen molar-refractivity contribution in [3.63, 3.8) is 0 Å². The van der Waals surface area contributed by atoms with E-state index in [-0.39, 0.29) is 5.56 Å². The maximum absolute atomic E-state index is 12.9. The Morgan fingerprint density at radius 3 is 2.61 bits per heavy atom. The first-order valence-corrected chi connectivity index (χ1v) is 9.62. The molecule has 0 saturated carbocycles. The number of amides is 1. The second-order valence-electron chi connectivity index (χ2n) is 6.38. The van der Waals surface area contributed by atoms with Crippen LogP contribution in [0.5, 0.6) is 11.5 Å². The number of hydrogen-bond acceptors (Lipinski definition) is 8. The monoisotopic (exact) mass is 421 g/mol. The molecule has 0 saturated heterocycles. The third-order valence-corrected chi connectivity index (χ3v) is 4.39. The van der Waals surface area contributed by atoms with Crippen LogP contribution < -0.4 is 20.4 Å². The van der Waals surface area contributed by atoms with Crippen LogP contribution in [0, 0.1) is 0 Å². The van der Waals surface area contributed by atoms with Crippen molar-refractivity contribution in [3.8, 4) is 17.2 Å². The molecule has 0 unspecified atom stereocenters. The van der Waals surface area contributed by atoms with Gasteiger partial charge in [-0.05, 0) is 36.4 Å². The fraction of sp³-hybridized carbons (Fsp3) is 0.190. The van der Waals surface area contributed by atoms with E-state index in [1.165, 1.54) is 17.1 Å². The van der Waals surface area contributed by atoms with Gasteiger partial charge in [-0.1, -0.05) is 18.2 Å². The van der Waals surface area contributed by atoms with Crippen molar-refractivity contribution in [2.75, 3.05) is 18.5 Å². The van der Waals surface area contributed by atoms with Crippen molar-refractivity contribution in [2.24, 2.45) is 0 Å². The fourth-order valence-electron chi connectivity index (χ4n) is 3.05. The van der Waals surface area contributed by atoms with Gasteiger partial charge in [0.25, 0.3) is 5.91 Å². The van der Waals surface area contributed by atoms with E-state index in [0.29, 0.717) is 47.1 Å². The molecule has 0 bridgehead atoms. The number of para-hydroxylation sites is 1.